The minimum Gasteiger partial charge on any atom is -0.255 e. The van der Waals surface area contributed by atoms with Gasteiger partial charge in [-0.1, -0.05) is 11.6 Å². The van der Waals surface area contributed by atoms with Crippen LogP contribution in [-0.4, -0.2) is 19.6 Å². The van der Waals surface area contributed by atoms with Gasteiger partial charge in [-0.25, -0.2) is 18.3 Å². The summed E-state index contributed by atoms with van der Waals surface area (Å²) in [7, 11) is 0. The van der Waals surface area contributed by atoms with Gasteiger partial charge >= 0.3 is 0 Å². The van der Waals surface area contributed by atoms with Gasteiger partial charge in [-0.2, -0.15) is 5.10 Å². The van der Waals surface area contributed by atoms with Crippen molar-refractivity contribution in [3.8, 4) is 22.4 Å². The molecule has 4 rings (SSSR count). The number of aryl methyl sites for hydroxylation is 1. The SMILES string of the molecule is Cc1cnc(-c2cc(Cl)c(F)cc2F)c(-c2ccn3ncnc3c2)c1. The molecular formula is C18H11ClF2N4. The third-order valence-electron chi connectivity index (χ3n) is 3.88. The van der Waals surface area contributed by atoms with Crippen LogP contribution >= 0.6 is 11.6 Å². The van der Waals surface area contributed by atoms with Crippen molar-refractivity contribution >= 4 is 17.2 Å². The molecule has 0 saturated carbocycles. The Bertz CT molecular complexity index is 1110. The highest BCUT2D eigenvalue weighted by molar-refractivity contribution is 6.31. The van der Waals surface area contributed by atoms with E-state index in [0.717, 1.165) is 17.2 Å². The number of benzene rings is 1. The van der Waals surface area contributed by atoms with Crippen LogP contribution in [0.3, 0.4) is 0 Å². The molecule has 0 spiro atoms. The monoisotopic (exact) mass is 356 g/mol. The summed E-state index contributed by atoms with van der Waals surface area (Å²) in [6.07, 6.45) is 4.84. The van der Waals surface area contributed by atoms with E-state index in [2.05, 4.69) is 15.1 Å². The summed E-state index contributed by atoms with van der Waals surface area (Å²) in [4.78, 5) is 8.52. The molecule has 25 heavy (non-hydrogen) atoms. The zero-order valence-electron chi connectivity index (χ0n) is 13.0. The maximum Gasteiger partial charge on any atom is 0.155 e. The summed E-state index contributed by atoms with van der Waals surface area (Å²) >= 11 is 5.84. The number of aromatic nitrogens is 4. The maximum absolute atomic E-state index is 14.4. The zero-order chi connectivity index (χ0) is 17.6. The molecule has 0 aliphatic carbocycles. The molecule has 0 bridgehead atoms. The molecule has 0 atom stereocenters. The van der Waals surface area contributed by atoms with Gasteiger partial charge in [0.2, 0.25) is 0 Å². The van der Waals surface area contributed by atoms with E-state index >= 15 is 0 Å². The van der Waals surface area contributed by atoms with Gasteiger partial charge in [0, 0.05) is 29.6 Å². The van der Waals surface area contributed by atoms with Gasteiger partial charge in [0.25, 0.3) is 0 Å². The molecule has 0 unspecified atom stereocenters. The summed E-state index contributed by atoms with van der Waals surface area (Å²) in [5, 5.41) is 3.90. The van der Waals surface area contributed by atoms with Crippen LogP contribution in [0.1, 0.15) is 5.56 Å². The summed E-state index contributed by atoms with van der Waals surface area (Å²) < 4.78 is 29.5. The third kappa shape index (κ3) is 2.74. The molecule has 0 fully saturated rings. The number of hydrogen-bond acceptors (Lipinski definition) is 3. The predicted molar refractivity (Wildman–Crippen MR) is 91.3 cm³/mol. The van der Waals surface area contributed by atoms with Crippen molar-refractivity contribution in [1.29, 1.82) is 0 Å². The fraction of sp³-hybridized carbons (Fsp3) is 0.0556. The van der Waals surface area contributed by atoms with E-state index < -0.39 is 11.6 Å². The van der Waals surface area contributed by atoms with Gasteiger partial charge in [-0.05, 0) is 42.3 Å². The largest absolute Gasteiger partial charge is 0.255 e. The first kappa shape index (κ1) is 15.7. The maximum atomic E-state index is 14.4. The number of hydrogen-bond donors (Lipinski definition) is 0. The lowest BCUT2D eigenvalue weighted by atomic mass is 9.98. The first-order valence-corrected chi connectivity index (χ1v) is 7.82. The van der Waals surface area contributed by atoms with Crippen molar-refractivity contribution in [2.24, 2.45) is 0 Å². The normalized spacial score (nSPS) is 11.2. The van der Waals surface area contributed by atoms with E-state index in [1.165, 1.54) is 12.4 Å². The van der Waals surface area contributed by atoms with E-state index in [1.807, 2.05) is 25.1 Å². The fourth-order valence-electron chi connectivity index (χ4n) is 2.69. The second-order valence-corrected chi connectivity index (χ2v) is 6.04. The topological polar surface area (TPSA) is 43.1 Å². The molecule has 4 nitrogen and oxygen atoms in total. The highest BCUT2D eigenvalue weighted by Crippen LogP contribution is 2.34. The van der Waals surface area contributed by atoms with Crippen molar-refractivity contribution in [2.45, 2.75) is 6.92 Å². The van der Waals surface area contributed by atoms with Crippen LogP contribution in [0.15, 0.2) is 49.1 Å². The lowest BCUT2D eigenvalue weighted by Crippen LogP contribution is -1.96. The Hall–Kier alpha value is -2.86. The summed E-state index contributed by atoms with van der Waals surface area (Å²) in [6.45, 7) is 1.89. The molecule has 3 heterocycles. The van der Waals surface area contributed by atoms with E-state index in [-0.39, 0.29) is 10.6 Å². The summed E-state index contributed by atoms with van der Waals surface area (Å²) in [5.41, 5.74) is 3.59. The van der Waals surface area contributed by atoms with Crippen LogP contribution in [0, 0.1) is 18.6 Å². The molecule has 0 saturated heterocycles. The molecule has 0 radical (unpaired) electrons. The van der Waals surface area contributed by atoms with Crippen molar-refractivity contribution in [1.82, 2.24) is 19.6 Å². The van der Waals surface area contributed by atoms with Crippen molar-refractivity contribution in [2.75, 3.05) is 0 Å². The Morgan fingerprint density at radius 2 is 1.84 bits per heavy atom. The number of nitrogens with zero attached hydrogens (tertiary/aromatic N) is 4. The molecular weight excluding hydrogens is 346 g/mol. The van der Waals surface area contributed by atoms with Crippen molar-refractivity contribution in [3.63, 3.8) is 0 Å². The lowest BCUT2D eigenvalue weighted by molar-refractivity contribution is 0.585. The third-order valence-corrected chi connectivity index (χ3v) is 4.17. The molecule has 124 valence electrons. The average molecular weight is 357 g/mol. The molecule has 1 aromatic carbocycles. The summed E-state index contributed by atoms with van der Waals surface area (Å²) in [5.74, 6) is -1.52. The van der Waals surface area contributed by atoms with Gasteiger partial charge in [-0.3, -0.25) is 4.98 Å². The second kappa shape index (κ2) is 5.89. The van der Waals surface area contributed by atoms with Crippen LogP contribution in [0.4, 0.5) is 8.78 Å². The lowest BCUT2D eigenvalue weighted by Gasteiger charge is -2.12. The molecule has 0 amide bonds. The molecule has 3 aromatic heterocycles. The number of halogens is 3. The second-order valence-electron chi connectivity index (χ2n) is 5.63. The number of rotatable bonds is 2. The standard InChI is InChI=1S/C18H11ClF2N4/c1-10-4-12(11-2-3-25-17(5-11)23-9-24-25)18(22-8-10)13-6-14(19)16(21)7-15(13)20/h2-9H,1H3. The molecule has 4 aromatic rings. The van der Waals surface area contributed by atoms with Gasteiger partial charge in [0.15, 0.2) is 5.65 Å². The highest BCUT2D eigenvalue weighted by atomic mass is 35.5. The summed E-state index contributed by atoms with van der Waals surface area (Å²) in [6, 6.07) is 7.58. The van der Waals surface area contributed by atoms with Gasteiger partial charge in [0.05, 0.1) is 10.7 Å². The van der Waals surface area contributed by atoms with Crippen molar-refractivity contribution < 1.29 is 8.78 Å². The first-order valence-electron chi connectivity index (χ1n) is 7.44. The Morgan fingerprint density at radius 1 is 1.00 bits per heavy atom. The van der Waals surface area contributed by atoms with Crippen LogP contribution in [0.2, 0.25) is 5.02 Å². The Balaban J connectivity index is 1.97. The quantitative estimate of drug-likeness (QED) is 0.489. The van der Waals surface area contributed by atoms with E-state index in [0.29, 0.717) is 16.9 Å². The van der Waals surface area contributed by atoms with Crippen LogP contribution < -0.4 is 0 Å². The van der Waals surface area contributed by atoms with Crippen LogP contribution in [-0.2, 0) is 0 Å². The van der Waals surface area contributed by atoms with Crippen molar-refractivity contribution in [3.05, 3.63) is 71.3 Å². The van der Waals surface area contributed by atoms with E-state index in [1.54, 1.807) is 16.9 Å². The van der Waals surface area contributed by atoms with Crippen LogP contribution in [0.25, 0.3) is 28.0 Å². The molecule has 0 N–H and O–H groups in total. The van der Waals surface area contributed by atoms with Gasteiger partial charge < -0.3 is 0 Å². The average Bonchev–Trinajstić information content (AvgIpc) is 3.06. The Labute approximate surface area is 146 Å². The van der Waals surface area contributed by atoms with Gasteiger partial charge in [0.1, 0.15) is 18.0 Å². The van der Waals surface area contributed by atoms with Gasteiger partial charge in [-0.15, -0.1) is 0 Å². The smallest absolute Gasteiger partial charge is 0.155 e. The zero-order valence-corrected chi connectivity index (χ0v) is 13.8. The number of pyridine rings is 2. The van der Waals surface area contributed by atoms with E-state index in [9.17, 15) is 8.78 Å². The first-order chi connectivity index (χ1) is 12.0. The number of fused-ring (bicyclic) bond motifs is 1. The van der Waals surface area contributed by atoms with E-state index in [4.69, 9.17) is 11.6 Å². The Kier molecular flexibility index (Phi) is 3.69. The Morgan fingerprint density at radius 3 is 2.68 bits per heavy atom. The predicted octanol–water partition coefficient (Wildman–Crippen LogP) is 4.70. The van der Waals surface area contributed by atoms with Crippen LogP contribution in [0.5, 0.6) is 0 Å². The molecule has 0 aliphatic heterocycles. The molecule has 0 aliphatic rings. The minimum atomic E-state index is -0.804. The fourth-order valence-corrected chi connectivity index (χ4v) is 2.85. The minimum absolute atomic E-state index is 0.141. The molecule has 7 heteroatoms. The highest BCUT2D eigenvalue weighted by Gasteiger charge is 2.17.